The predicted molar refractivity (Wildman–Crippen MR) is 70.8 cm³/mol. The van der Waals surface area contributed by atoms with E-state index in [-0.39, 0.29) is 38.0 Å². The molecule has 0 heterocycles. The Labute approximate surface area is 112 Å². The number of aliphatic hydroxyl groups is 1. The number of aliphatic hydroxyl groups excluding tert-OH is 1. The average molecular weight is 265 g/mol. The Bertz CT molecular complexity index is 445. The van der Waals surface area contributed by atoms with Gasteiger partial charge in [0.2, 0.25) is 0 Å². The second-order valence-corrected chi connectivity index (χ2v) is 4.16. The minimum absolute atomic E-state index is 0.119. The van der Waals surface area contributed by atoms with Crippen LogP contribution in [0.4, 0.5) is 0 Å². The topological polar surface area (TPSA) is 66.8 Å². The van der Waals surface area contributed by atoms with Crippen LogP contribution in [0, 0.1) is 6.92 Å². The first-order valence-electron chi connectivity index (χ1n) is 6.12. The Morgan fingerprint density at radius 3 is 2.53 bits per heavy atom. The normalized spacial score (nSPS) is 10.1. The summed E-state index contributed by atoms with van der Waals surface area (Å²) in [7, 11) is 1.31. The highest BCUT2D eigenvalue weighted by Crippen LogP contribution is 2.11. The quantitative estimate of drug-likeness (QED) is 0.779. The third kappa shape index (κ3) is 4.37. The van der Waals surface area contributed by atoms with Crippen LogP contribution >= 0.6 is 0 Å². The van der Waals surface area contributed by atoms with Crippen molar-refractivity contribution in [3.05, 3.63) is 35.4 Å². The maximum atomic E-state index is 12.3. The van der Waals surface area contributed by atoms with Crippen molar-refractivity contribution in [3.63, 3.8) is 0 Å². The molecule has 1 N–H and O–H groups in total. The van der Waals surface area contributed by atoms with E-state index in [1.54, 1.807) is 12.1 Å². The first kappa shape index (κ1) is 15.2. The zero-order valence-electron chi connectivity index (χ0n) is 11.3. The van der Waals surface area contributed by atoms with Crippen LogP contribution in [0.3, 0.4) is 0 Å². The number of ether oxygens (including phenoxy) is 1. The summed E-state index contributed by atoms with van der Waals surface area (Å²) < 4.78 is 4.55. The lowest BCUT2D eigenvalue weighted by molar-refractivity contribution is -0.140. The molecule has 0 aliphatic carbocycles. The molecule has 0 radical (unpaired) electrons. The molecule has 0 spiro atoms. The van der Waals surface area contributed by atoms with Gasteiger partial charge < -0.3 is 14.7 Å². The second kappa shape index (κ2) is 7.53. The van der Waals surface area contributed by atoms with Gasteiger partial charge in [0.05, 0.1) is 20.1 Å². The molecule has 0 unspecified atom stereocenters. The van der Waals surface area contributed by atoms with E-state index in [0.717, 1.165) is 5.56 Å². The number of benzene rings is 1. The third-order valence-corrected chi connectivity index (χ3v) is 2.85. The van der Waals surface area contributed by atoms with Gasteiger partial charge in [0.25, 0.3) is 5.91 Å². The molecule has 0 aromatic heterocycles. The van der Waals surface area contributed by atoms with E-state index in [1.165, 1.54) is 12.0 Å². The average Bonchev–Trinajstić information content (AvgIpc) is 2.42. The Kier molecular flexibility index (Phi) is 6.02. The molecule has 0 aliphatic rings. The van der Waals surface area contributed by atoms with Crippen molar-refractivity contribution >= 4 is 11.9 Å². The SMILES string of the molecule is COC(=O)CCN(CCO)C(=O)c1ccccc1C. The number of aryl methyl sites for hydroxylation is 1. The summed E-state index contributed by atoms with van der Waals surface area (Å²) in [6, 6.07) is 7.24. The van der Waals surface area contributed by atoms with Crippen LogP contribution in [-0.4, -0.2) is 48.7 Å². The van der Waals surface area contributed by atoms with Crippen LogP contribution in [0.1, 0.15) is 22.3 Å². The van der Waals surface area contributed by atoms with Crippen LogP contribution in [0.5, 0.6) is 0 Å². The Morgan fingerprint density at radius 1 is 1.26 bits per heavy atom. The van der Waals surface area contributed by atoms with Crippen molar-refractivity contribution in [1.82, 2.24) is 4.90 Å². The van der Waals surface area contributed by atoms with Gasteiger partial charge in [-0.25, -0.2) is 0 Å². The number of carbonyl (C=O) groups is 2. The van der Waals surface area contributed by atoms with E-state index < -0.39 is 0 Å². The van der Waals surface area contributed by atoms with Gasteiger partial charge in [-0.2, -0.15) is 0 Å². The van der Waals surface area contributed by atoms with E-state index in [9.17, 15) is 9.59 Å². The van der Waals surface area contributed by atoms with Gasteiger partial charge in [-0.3, -0.25) is 9.59 Å². The zero-order chi connectivity index (χ0) is 14.3. The van der Waals surface area contributed by atoms with E-state index >= 15 is 0 Å². The van der Waals surface area contributed by atoms with Crippen molar-refractivity contribution in [2.24, 2.45) is 0 Å². The molecule has 1 rings (SSSR count). The molecule has 1 aromatic rings. The van der Waals surface area contributed by atoms with Gasteiger partial charge >= 0.3 is 5.97 Å². The highest BCUT2D eigenvalue weighted by molar-refractivity contribution is 5.95. The summed E-state index contributed by atoms with van der Waals surface area (Å²) in [6.45, 7) is 2.15. The van der Waals surface area contributed by atoms with Crippen molar-refractivity contribution < 1.29 is 19.4 Å². The van der Waals surface area contributed by atoms with Gasteiger partial charge in [0, 0.05) is 18.7 Å². The number of esters is 1. The Hall–Kier alpha value is -1.88. The molecule has 0 saturated carbocycles. The van der Waals surface area contributed by atoms with Crippen molar-refractivity contribution in [2.75, 3.05) is 26.8 Å². The van der Waals surface area contributed by atoms with E-state index in [4.69, 9.17) is 5.11 Å². The number of rotatable bonds is 6. The predicted octanol–water partition coefficient (Wildman–Crippen LogP) is 0.993. The minimum atomic E-state index is -0.375. The maximum Gasteiger partial charge on any atom is 0.307 e. The molecule has 0 bridgehead atoms. The Balaban J connectivity index is 2.78. The molecule has 104 valence electrons. The maximum absolute atomic E-state index is 12.3. The summed E-state index contributed by atoms with van der Waals surface area (Å²) in [5, 5.41) is 9.01. The van der Waals surface area contributed by atoms with Gasteiger partial charge in [-0.15, -0.1) is 0 Å². The fraction of sp³-hybridized carbons (Fsp3) is 0.429. The lowest BCUT2D eigenvalue weighted by atomic mass is 10.1. The molecule has 5 nitrogen and oxygen atoms in total. The number of carbonyl (C=O) groups excluding carboxylic acids is 2. The van der Waals surface area contributed by atoms with Crippen molar-refractivity contribution in [2.45, 2.75) is 13.3 Å². The standard InChI is InChI=1S/C14H19NO4/c1-11-5-3-4-6-12(11)14(18)15(9-10-16)8-7-13(17)19-2/h3-6,16H,7-10H2,1-2H3. The lowest BCUT2D eigenvalue weighted by Crippen LogP contribution is -2.35. The molecule has 0 fully saturated rings. The van der Waals surface area contributed by atoms with Gasteiger partial charge in [-0.1, -0.05) is 18.2 Å². The molecule has 1 amide bonds. The highest BCUT2D eigenvalue weighted by atomic mass is 16.5. The first-order chi connectivity index (χ1) is 9.10. The summed E-state index contributed by atoms with van der Waals surface area (Å²) in [5.41, 5.74) is 1.45. The number of amides is 1. The molecule has 0 atom stereocenters. The van der Waals surface area contributed by atoms with E-state index in [1.807, 2.05) is 19.1 Å². The van der Waals surface area contributed by atoms with Gasteiger partial charge in [0.15, 0.2) is 0 Å². The molecule has 5 heteroatoms. The largest absolute Gasteiger partial charge is 0.469 e. The van der Waals surface area contributed by atoms with Crippen LogP contribution in [-0.2, 0) is 9.53 Å². The number of hydrogen-bond donors (Lipinski definition) is 1. The summed E-state index contributed by atoms with van der Waals surface area (Å²) in [5.74, 6) is -0.559. The van der Waals surface area contributed by atoms with Crippen molar-refractivity contribution in [1.29, 1.82) is 0 Å². The molecule has 0 aliphatic heterocycles. The minimum Gasteiger partial charge on any atom is -0.469 e. The zero-order valence-corrected chi connectivity index (χ0v) is 11.3. The smallest absolute Gasteiger partial charge is 0.307 e. The van der Waals surface area contributed by atoms with Crippen LogP contribution < -0.4 is 0 Å². The fourth-order valence-electron chi connectivity index (χ4n) is 1.75. The number of hydrogen-bond acceptors (Lipinski definition) is 4. The van der Waals surface area contributed by atoms with Crippen LogP contribution in [0.2, 0.25) is 0 Å². The molecular formula is C14H19NO4. The Morgan fingerprint density at radius 2 is 1.95 bits per heavy atom. The molecule has 1 aromatic carbocycles. The summed E-state index contributed by atoms with van der Waals surface area (Å²) in [4.78, 5) is 24.9. The lowest BCUT2D eigenvalue weighted by Gasteiger charge is -2.22. The monoisotopic (exact) mass is 265 g/mol. The van der Waals surface area contributed by atoms with Gasteiger partial charge in [0.1, 0.15) is 0 Å². The van der Waals surface area contributed by atoms with Crippen LogP contribution in [0.25, 0.3) is 0 Å². The summed E-state index contributed by atoms with van der Waals surface area (Å²) in [6.07, 6.45) is 0.119. The van der Waals surface area contributed by atoms with Gasteiger partial charge in [-0.05, 0) is 18.6 Å². The number of methoxy groups -OCH3 is 1. The number of nitrogens with zero attached hydrogens (tertiary/aromatic N) is 1. The molecule has 19 heavy (non-hydrogen) atoms. The summed E-state index contributed by atoms with van der Waals surface area (Å²) >= 11 is 0. The fourth-order valence-corrected chi connectivity index (χ4v) is 1.75. The van der Waals surface area contributed by atoms with Crippen LogP contribution in [0.15, 0.2) is 24.3 Å². The highest BCUT2D eigenvalue weighted by Gasteiger charge is 2.17. The molecular weight excluding hydrogens is 246 g/mol. The van der Waals surface area contributed by atoms with E-state index in [2.05, 4.69) is 4.74 Å². The second-order valence-electron chi connectivity index (χ2n) is 4.16. The molecule has 0 saturated heterocycles. The third-order valence-electron chi connectivity index (χ3n) is 2.85. The first-order valence-corrected chi connectivity index (χ1v) is 6.12. The van der Waals surface area contributed by atoms with Crippen molar-refractivity contribution in [3.8, 4) is 0 Å². The van der Waals surface area contributed by atoms with E-state index in [0.29, 0.717) is 5.56 Å².